The molecule has 124 valence electrons. The minimum Gasteiger partial charge on any atom is -0.494 e. The number of benzene rings is 1. The zero-order valence-electron chi connectivity index (χ0n) is 13.7. The van der Waals surface area contributed by atoms with Crippen molar-refractivity contribution in [3.8, 4) is 5.75 Å². The van der Waals surface area contributed by atoms with Crippen LogP contribution in [0.1, 0.15) is 48.0 Å². The van der Waals surface area contributed by atoms with Gasteiger partial charge in [-0.3, -0.25) is 0 Å². The van der Waals surface area contributed by atoms with Gasteiger partial charge in [0, 0.05) is 12.5 Å². The third kappa shape index (κ3) is 5.77. The van der Waals surface area contributed by atoms with Crippen LogP contribution in [0.15, 0.2) is 34.9 Å². The van der Waals surface area contributed by atoms with Crippen LogP contribution in [0.25, 0.3) is 0 Å². The van der Waals surface area contributed by atoms with E-state index in [1.165, 1.54) is 0 Å². The van der Waals surface area contributed by atoms with Crippen LogP contribution in [0, 0.1) is 6.92 Å². The number of carbonyl (C=O) groups is 1. The largest absolute Gasteiger partial charge is 0.494 e. The fraction of sp³-hybridized carbons (Fsp3) is 0.444. The minimum atomic E-state index is -0.304. The molecule has 0 atom stereocenters. The lowest BCUT2D eigenvalue weighted by atomic mass is 10.1. The van der Waals surface area contributed by atoms with Gasteiger partial charge in [-0.2, -0.15) is 0 Å². The average Bonchev–Trinajstić information content (AvgIpc) is 2.97. The van der Waals surface area contributed by atoms with Gasteiger partial charge >= 0.3 is 5.97 Å². The molecule has 0 radical (unpaired) electrons. The number of rotatable bonds is 9. The maximum atomic E-state index is 11.5. The Labute approximate surface area is 136 Å². The van der Waals surface area contributed by atoms with Crippen molar-refractivity contribution in [1.82, 2.24) is 5.16 Å². The zero-order valence-corrected chi connectivity index (χ0v) is 13.7. The number of hydrogen-bond acceptors (Lipinski definition) is 5. The van der Waals surface area contributed by atoms with Crippen LogP contribution < -0.4 is 4.74 Å². The summed E-state index contributed by atoms with van der Waals surface area (Å²) in [6.07, 6.45) is 4.02. The summed E-state index contributed by atoms with van der Waals surface area (Å²) in [4.78, 5) is 11.5. The van der Waals surface area contributed by atoms with Crippen molar-refractivity contribution >= 4 is 5.97 Å². The topological polar surface area (TPSA) is 61.6 Å². The molecule has 0 spiro atoms. The normalized spacial score (nSPS) is 10.5. The smallest absolute Gasteiger partial charge is 0.338 e. The van der Waals surface area contributed by atoms with E-state index in [1.807, 2.05) is 13.0 Å². The first-order chi connectivity index (χ1) is 11.2. The summed E-state index contributed by atoms with van der Waals surface area (Å²) in [6.45, 7) is 4.76. The van der Waals surface area contributed by atoms with Crippen LogP contribution >= 0.6 is 0 Å². The summed E-state index contributed by atoms with van der Waals surface area (Å²) in [5.74, 6) is 1.41. The summed E-state index contributed by atoms with van der Waals surface area (Å²) >= 11 is 0. The van der Waals surface area contributed by atoms with E-state index >= 15 is 0 Å². The van der Waals surface area contributed by atoms with Gasteiger partial charge in [0.15, 0.2) is 0 Å². The molecule has 0 aliphatic heterocycles. The predicted molar refractivity (Wildman–Crippen MR) is 86.7 cm³/mol. The molecule has 0 aliphatic carbocycles. The molecule has 2 aromatic rings. The molecule has 5 heteroatoms. The van der Waals surface area contributed by atoms with Crippen molar-refractivity contribution in [2.45, 2.75) is 39.5 Å². The van der Waals surface area contributed by atoms with Crippen LogP contribution in [0.3, 0.4) is 0 Å². The van der Waals surface area contributed by atoms with Crippen molar-refractivity contribution in [2.24, 2.45) is 0 Å². The van der Waals surface area contributed by atoms with Crippen molar-refractivity contribution in [2.75, 3.05) is 13.2 Å². The van der Waals surface area contributed by atoms with Gasteiger partial charge in [-0.05, 0) is 57.4 Å². The number of aryl methyl sites for hydroxylation is 2. The number of ether oxygens (including phenoxy) is 2. The molecule has 0 amide bonds. The quantitative estimate of drug-likeness (QED) is 0.517. The fourth-order valence-electron chi connectivity index (χ4n) is 2.20. The second-order valence-electron chi connectivity index (χ2n) is 5.34. The molecule has 0 fully saturated rings. The van der Waals surface area contributed by atoms with Gasteiger partial charge in [0.05, 0.1) is 24.5 Å². The summed E-state index contributed by atoms with van der Waals surface area (Å²) in [5, 5.41) is 3.87. The molecule has 23 heavy (non-hydrogen) atoms. The third-order valence-corrected chi connectivity index (χ3v) is 3.38. The Hall–Kier alpha value is -2.30. The molecule has 0 unspecified atom stereocenters. The highest BCUT2D eigenvalue weighted by Crippen LogP contribution is 2.14. The molecule has 0 aliphatic rings. The molecule has 1 heterocycles. The summed E-state index contributed by atoms with van der Waals surface area (Å²) in [5.41, 5.74) is 1.47. The summed E-state index contributed by atoms with van der Waals surface area (Å²) in [6, 6.07) is 9.01. The van der Waals surface area contributed by atoms with E-state index in [4.69, 9.17) is 14.0 Å². The molecule has 1 aromatic carbocycles. The fourth-order valence-corrected chi connectivity index (χ4v) is 2.20. The highest BCUT2D eigenvalue weighted by Gasteiger charge is 2.06. The summed E-state index contributed by atoms with van der Waals surface area (Å²) in [7, 11) is 0. The second kappa shape index (κ2) is 8.98. The van der Waals surface area contributed by atoms with Gasteiger partial charge in [-0.1, -0.05) is 5.16 Å². The molecule has 0 N–H and O–H groups in total. The van der Waals surface area contributed by atoms with Gasteiger partial charge in [0.2, 0.25) is 0 Å². The van der Waals surface area contributed by atoms with E-state index in [2.05, 4.69) is 5.16 Å². The lowest BCUT2D eigenvalue weighted by molar-refractivity contribution is 0.0526. The number of nitrogens with zero attached hydrogens (tertiary/aromatic N) is 1. The first kappa shape index (κ1) is 17.1. The van der Waals surface area contributed by atoms with Crippen molar-refractivity contribution in [3.63, 3.8) is 0 Å². The van der Waals surface area contributed by atoms with Gasteiger partial charge in [-0.15, -0.1) is 0 Å². The van der Waals surface area contributed by atoms with E-state index in [0.29, 0.717) is 18.8 Å². The van der Waals surface area contributed by atoms with Crippen LogP contribution in [0.2, 0.25) is 0 Å². The summed E-state index contributed by atoms with van der Waals surface area (Å²) < 4.78 is 15.8. The second-order valence-corrected chi connectivity index (χ2v) is 5.34. The highest BCUT2D eigenvalue weighted by molar-refractivity contribution is 5.89. The lowest BCUT2D eigenvalue weighted by Crippen LogP contribution is -2.04. The molecule has 1 aromatic heterocycles. The van der Waals surface area contributed by atoms with Crippen LogP contribution in [0.4, 0.5) is 0 Å². The van der Waals surface area contributed by atoms with Crippen LogP contribution in [-0.2, 0) is 11.2 Å². The number of carbonyl (C=O) groups excluding carboxylic acids is 1. The Morgan fingerprint density at radius 2 is 1.96 bits per heavy atom. The standard InChI is InChI=1S/C18H23NO4/c1-3-21-18(20)15-8-10-16(11-9-15)22-12-6-4-5-7-17-13-14(2)19-23-17/h8-11,13H,3-7,12H2,1-2H3. The number of aromatic nitrogens is 1. The van der Waals surface area contributed by atoms with Gasteiger partial charge < -0.3 is 14.0 Å². The first-order valence-corrected chi connectivity index (χ1v) is 8.01. The zero-order chi connectivity index (χ0) is 16.5. The Kier molecular flexibility index (Phi) is 6.66. The molecule has 2 rings (SSSR count). The van der Waals surface area contributed by atoms with E-state index in [-0.39, 0.29) is 5.97 Å². The molecular weight excluding hydrogens is 294 g/mol. The van der Waals surface area contributed by atoms with Gasteiger partial charge in [0.1, 0.15) is 11.5 Å². The number of esters is 1. The highest BCUT2D eigenvalue weighted by atomic mass is 16.5. The first-order valence-electron chi connectivity index (χ1n) is 8.01. The monoisotopic (exact) mass is 317 g/mol. The van der Waals surface area contributed by atoms with Crippen LogP contribution in [-0.4, -0.2) is 24.3 Å². The van der Waals surface area contributed by atoms with E-state index < -0.39 is 0 Å². The predicted octanol–water partition coefficient (Wildman–Crippen LogP) is 3.95. The molecule has 0 saturated heterocycles. The van der Waals surface area contributed by atoms with Gasteiger partial charge in [0.25, 0.3) is 0 Å². The Morgan fingerprint density at radius 1 is 1.17 bits per heavy atom. The Morgan fingerprint density at radius 3 is 2.61 bits per heavy atom. The van der Waals surface area contributed by atoms with E-state index in [9.17, 15) is 4.79 Å². The van der Waals surface area contributed by atoms with E-state index in [1.54, 1.807) is 31.2 Å². The molecule has 5 nitrogen and oxygen atoms in total. The third-order valence-electron chi connectivity index (χ3n) is 3.38. The van der Waals surface area contributed by atoms with Gasteiger partial charge in [-0.25, -0.2) is 4.79 Å². The molecule has 0 bridgehead atoms. The number of hydrogen-bond donors (Lipinski definition) is 0. The van der Waals surface area contributed by atoms with E-state index in [0.717, 1.165) is 42.9 Å². The average molecular weight is 317 g/mol. The van der Waals surface area contributed by atoms with Crippen molar-refractivity contribution in [1.29, 1.82) is 0 Å². The lowest BCUT2D eigenvalue weighted by Gasteiger charge is -2.07. The van der Waals surface area contributed by atoms with Crippen molar-refractivity contribution in [3.05, 3.63) is 47.3 Å². The molecule has 0 saturated carbocycles. The SMILES string of the molecule is CCOC(=O)c1ccc(OCCCCCc2cc(C)no2)cc1. The molecular formula is C18H23NO4. The maximum absolute atomic E-state index is 11.5. The minimum absolute atomic E-state index is 0.304. The van der Waals surface area contributed by atoms with Crippen LogP contribution in [0.5, 0.6) is 5.75 Å². The van der Waals surface area contributed by atoms with Crippen molar-refractivity contribution < 1.29 is 18.8 Å². The Balaban J connectivity index is 1.61. The number of unbranched alkanes of at least 4 members (excludes halogenated alkanes) is 2. The maximum Gasteiger partial charge on any atom is 0.338 e. The Bertz CT molecular complexity index is 604.